The number of ether oxygens (including phenoxy) is 3. The molecule has 4 heterocycles. The molecule has 0 bridgehead atoms. The number of thiophene rings is 1. The SMILES string of the molecule is COc1ccc(-c2c(Cl)c(C(OC3=NNCC3)c3ccccc3)nc3sc4c(c23)CCN(Cc2ccccc2)C4)cc1OC. The molecule has 1 unspecified atom stereocenters. The van der Waals surface area contributed by atoms with E-state index < -0.39 is 6.10 Å². The first-order chi connectivity index (χ1) is 21.6. The Morgan fingerprint density at radius 1 is 0.955 bits per heavy atom. The number of methoxy groups -OCH3 is 2. The van der Waals surface area contributed by atoms with E-state index in [4.69, 9.17) is 30.8 Å². The lowest BCUT2D eigenvalue weighted by Gasteiger charge is -2.27. The van der Waals surface area contributed by atoms with Crippen LogP contribution in [0.5, 0.6) is 11.5 Å². The molecule has 7 rings (SSSR count). The van der Waals surface area contributed by atoms with Gasteiger partial charge in [0.2, 0.25) is 5.90 Å². The van der Waals surface area contributed by atoms with E-state index in [1.807, 2.05) is 48.5 Å². The highest BCUT2D eigenvalue weighted by Gasteiger charge is 2.31. The van der Waals surface area contributed by atoms with Crippen LogP contribution in [0.4, 0.5) is 0 Å². The molecule has 9 heteroatoms. The normalized spacial score (nSPS) is 15.4. The van der Waals surface area contributed by atoms with Crippen LogP contribution in [-0.2, 0) is 24.2 Å². The molecule has 7 nitrogen and oxygen atoms in total. The predicted octanol–water partition coefficient (Wildman–Crippen LogP) is 7.61. The maximum Gasteiger partial charge on any atom is 0.208 e. The molecular weight excluding hydrogens is 592 g/mol. The zero-order chi connectivity index (χ0) is 30.0. The van der Waals surface area contributed by atoms with Gasteiger partial charge in [-0.15, -0.1) is 16.4 Å². The summed E-state index contributed by atoms with van der Waals surface area (Å²) in [4.78, 5) is 10.1. The lowest BCUT2D eigenvalue weighted by atomic mass is 9.94. The van der Waals surface area contributed by atoms with Crippen molar-refractivity contribution in [1.82, 2.24) is 15.3 Å². The Labute approximate surface area is 266 Å². The number of hydrogen-bond donors (Lipinski definition) is 1. The van der Waals surface area contributed by atoms with Crippen LogP contribution in [-0.4, -0.2) is 43.1 Å². The number of hydrogen-bond acceptors (Lipinski definition) is 8. The number of fused-ring (bicyclic) bond motifs is 3. The molecule has 0 amide bonds. The van der Waals surface area contributed by atoms with E-state index in [0.29, 0.717) is 34.5 Å². The molecule has 5 aromatic rings. The highest BCUT2D eigenvalue weighted by Crippen LogP contribution is 2.48. The van der Waals surface area contributed by atoms with E-state index in [2.05, 4.69) is 45.8 Å². The third-order valence-corrected chi connectivity index (χ3v) is 9.71. The average molecular weight is 625 g/mol. The number of pyridine rings is 1. The summed E-state index contributed by atoms with van der Waals surface area (Å²) in [5.41, 5.74) is 9.18. The van der Waals surface area contributed by atoms with Crippen LogP contribution in [0.3, 0.4) is 0 Å². The lowest BCUT2D eigenvalue weighted by Crippen LogP contribution is -2.29. The summed E-state index contributed by atoms with van der Waals surface area (Å²) in [5, 5.41) is 6.05. The second kappa shape index (κ2) is 12.5. The second-order valence-corrected chi connectivity index (χ2v) is 12.4. The summed E-state index contributed by atoms with van der Waals surface area (Å²) in [7, 11) is 3.30. The molecule has 0 fully saturated rings. The van der Waals surface area contributed by atoms with E-state index >= 15 is 0 Å². The average Bonchev–Trinajstić information content (AvgIpc) is 3.71. The number of aromatic nitrogens is 1. The Balaban J connectivity index is 1.40. The Morgan fingerprint density at radius 3 is 2.45 bits per heavy atom. The highest BCUT2D eigenvalue weighted by molar-refractivity contribution is 7.19. The van der Waals surface area contributed by atoms with Crippen LogP contribution in [0.2, 0.25) is 5.02 Å². The summed E-state index contributed by atoms with van der Waals surface area (Å²) in [6.45, 7) is 3.48. The standard InChI is InChI=1S/C35H33ClN4O3S/c1-41-26-14-13-24(19-27(26)42-2)30-31-25-16-18-40(20-22-9-5-3-6-10-22)21-28(25)44-35(31)38-33(32(30)36)34(23-11-7-4-8-12-23)43-29-15-17-37-39-29/h3-14,19,34,37H,15-18,20-21H2,1-2H3. The molecule has 1 N–H and O–H groups in total. The fourth-order valence-corrected chi connectivity index (χ4v) is 7.71. The van der Waals surface area contributed by atoms with Crippen LogP contribution < -0.4 is 14.9 Å². The molecule has 0 spiro atoms. The van der Waals surface area contributed by atoms with Gasteiger partial charge in [-0.1, -0.05) is 78.3 Å². The van der Waals surface area contributed by atoms with Crippen molar-refractivity contribution in [2.45, 2.75) is 32.0 Å². The first-order valence-corrected chi connectivity index (χ1v) is 16.0. The molecule has 2 aromatic heterocycles. The van der Waals surface area contributed by atoms with Gasteiger partial charge >= 0.3 is 0 Å². The van der Waals surface area contributed by atoms with Crippen molar-refractivity contribution in [3.05, 3.63) is 111 Å². The van der Waals surface area contributed by atoms with Gasteiger partial charge in [-0.05, 0) is 40.8 Å². The number of benzene rings is 3. The van der Waals surface area contributed by atoms with Gasteiger partial charge in [0.15, 0.2) is 17.6 Å². The molecule has 0 radical (unpaired) electrons. The fourth-order valence-electron chi connectivity index (χ4n) is 6.08. The fraction of sp³-hybridized carbons (Fsp3) is 0.257. The van der Waals surface area contributed by atoms with Crippen LogP contribution in [0.1, 0.15) is 39.8 Å². The maximum atomic E-state index is 7.48. The van der Waals surface area contributed by atoms with Gasteiger partial charge in [0.25, 0.3) is 0 Å². The predicted molar refractivity (Wildman–Crippen MR) is 177 cm³/mol. The Hall–Kier alpha value is -4.11. The smallest absolute Gasteiger partial charge is 0.208 e. The molecular formula is C35H33ClN4O3S. The summed E-state index contributed by atoms with van der Waals surface area (Å²) >= 11 is 9.23. The Morgan fingerprint density at radius 2 is 1.73 bits per heavy atom. The molecule has 3 aromatic carbocycles. The number of hydrazone groups is 1. The minimum atomic E-state index is -0.528. The van der Waals surface area contributed by atoms with Crippen LogP contribution in [0.15, 0.2) is 84.0 Å². The zero-order valence-electron chi connectivity index (χ0n) is 24.7. The third kappa shape index (κ3) is 5.49. The third-order valence-electron chi connectivity index (χ3n) is 8.21. The van der Waals surface area contributed by atoms with Gasteiger partial charge in [-0.3, -0.25) is 4.90 Å². The molecule has 224 valence electrons. The summed E-state index contributed by atoms with van der Waals surface area (Å²) in [6, 6.07) is 26.7. The van der Waals surface area contributed by atoms with E-state index in [9.17, 15) is 0 Å². The summed E-state index contributed by atoms with van der Waals surface area (Å²) < 4.78 is 17.8. The van der Waals surface area contributed by atoms with Crippen molar-refractivity contribution in [1.29, 1.82) is 0 Å². The van der Waals surface area contributed by atoms with Crippen molar-refractivity contribution in [3.8, 4) is 22.6 Å². The first kappa shape index (κ1) is 28.6. The zero-order valence-corrected chi connectivity index (χ0v) is 26.3. The Bertz CT molecular complexity index is 1830. The number of halogens is 1. The van der Waals surface area contributed by atoms with Crippen molar-refractivity contribution in [2.75, 3.05) is 27.3 Å². The van der Waals surface area contributed by atoms with E-state index in [1.165, 1.54) is 16.0 Å². The van der Waals surface area contributed by atoms with Crippen LogP contribution in [0, 0.1) is 0 Å². The number of rotatable bonds is 8. The van der Waals surface area contributed by atoms with Crippen LogP contribution >= 0.6 is 22.9 Å². The minimum Gasteiger partial charge on any atom is -0.493 e. The topological polar surface area (TPSA) is 68.2 Å². The quantitative estimate of drug-likeness (QED) is 0.192. The van der Waals surface area contributed by atoms with Gasteiger partial charge in [0.1, 0.15) is 10.5 Å². The lowest BCUT2D eigenvalue weighted by molar-refractivity contribution is 0.224. The van der Waals surface area contributed by atoms with Crippen molar-refractivity contribution in [3.63, 3.8) is 0 Å². The monoisotopic (exact) mass is 624 g/mol. The second-order valence-electron chi connectivity index (χ2n) is 11.0. The molecule has 0 saturated heterocycles. The summed E-state index contributed by atoms with van der Waals surface area (Å²) in [6.07, 6.45) is 1.09. The molecule has 2 aliphatic rings. The van der Waals surface area contributed by atoms with E-state index in [0.717, 1.165) is 59.5 Å². The number of nitrogens with zero attached hydrogens (tertiary/aromatic N) is 3. The molecule has 1 atom stereocenters. The maximum absolute atomic E-state index is 7.48. The Kier molecular flexibility index (Phi) is 8.12. The molecule has 2 aliphatic heterocycles. The van der Waals surface area contributed by atoms with E-state index in [-0.39, 0.29) is 0 Å². The van der Waals surface area contributed by atoms with E-state index in [1.54, 1.807) is 25.6 Å². The number of nitrogens with one attached hydrogen (secondary N) is 1. The van der Waals surface area contributed by atoms with Gasteiger partial charge < -0.3 is 19.6 Å². The first-order valence-electron chi connectivity index (χ1n) is 14.8. The van der Waals surface area contributed by atoms with Crippen LogP contribution in [0.25, 0.3) is 21.3 Å². The molecule has 0 saturated carbocycles. The van der Waals surface area contributed by atoms with Gasteiger partial charge in [-0.25, -0.2) is 4.98 Å². The molecule has 0 aliphatic carbocycles. The largest absolute Gasteiger partial charge is 0.493 e. The minimum absolute atomic E-state index is 0.528. The van der Waals surface area contributed by atoms with Crippen molar-refractivity contribution in [2.24, 2.45) is 5.10 Å². The summed E-state index contributed by atoms with van der Waals surface area (Å²) in [5.74, 6) is 1.96. The molecule has 44 heavy (non-hydrogen) atoms. The van der Waals surface area contributed by atoms with Crippen molar-refractivity contribution >= 4 is 39.1 Å². The highest BCUT2D eigenvalue weighted by atomic mass is 35.5. The van der Waals surface area contributed by atoms with Crippen molar-refractivity contribution < 1.29 is 14.2 Å². The van der Waals surface area contributed by atoms with Gasteiger partial charge in [0.05, 0.1) is 19.2 Å². The van der Waals surface area contributed by atoms with Gasteiger partial charge in [0, 0.05) is 48.4 Å². The van der Waals surface area contributed by atoms with Gasteiger partial charge in [-0.2, -0.15) is 0 Å².